The van der Waals surface area contributed by atoms with E-state index in [1.807, 2.05) is 55.6 Å². The molecular formula is C27H35NO3. The molecule has 166 valence electrons. The van der Waals surface area contributed by atoms with Gasteiger partial charge in [-0.15, -0.1) is 6.58 Å². The molecule has 0 aromatic heterocycles. The molecule has 0 saturated carbocycles. The van der Waals surface area contributed by atoms with Gasteiger partial charge in [0.25, 0.3) is 0 Å². The van der Waals surface area contributed by atoms with Crippen molar-refractivity contribution < 1.29 is 14.3 Å². The Labute approximate surface area is 187 Å². The van der Waals surface area contributed by atoms with Gasteiger partial charge in [-0.05, 0) is 55.3 Å². The Balaban J connectivity index is 2.53. The van der Waals surface area contributed by atoms with Gasteiger partial charge in [-0.1, -0.05) is 39.8 Å². The van der Waals surface area contributed by atoms with Crippen LogP contribution in [0.15, 0.2) is 55.1 Å². The van der Waals surface area contributed by atoms with Crippen LogP contribution in [0.2, 0.25) is 0 Å². The third kappa shape index (κ3) is 6.24. The molecule has 0 aliphatic heterocycles. The van der Waals surface area contributed by atoms with Crippen molar-refractivity contribution in [2.75, 3.05) is 25.6 Å². The van der Waals surface area contributed by atoms with Crippen LogP contribution in [0, 0.1) is 0 Å². The fourth-order valence-corrected chi connectivity index (χ4v) is 3.11. The number of ether oxygens (including phenoxy) is 2. The summed E-state index contributed by atoms with van der Waals surface area (Å²) in [6.45, 7) is 13.5. The molecule has 0 fully saturated rings. The summed E-state index contributed by atoms with van der Waals surface area (Å²) in [6, 6.07) is 11.4. The fourth-order valence-electron chi connectivity index (χ4n) is 3.11. The maximum absolute atomic E-state index is 12.8. The Kier molecular flexibility index (Phi) is 8.92. The van der Waals surface area contributed by atoms with E-state index in [2.05, 4.69) is 39.6 Å². The highest BCUT2D eigenvalue weighted by Gasteiger charge is 2.25. The first-order valence-corrected chi connectivity index (χ1v) is 10.9. The summed E-state index contributed by atoms with van der Waals surface area (Å²) in [5, 5.41) is 3.06. The van der Waals surface area contributed by atoms with Crippen LogP contribution in [-0.4, -0.2) is 26.0 Å². The van der Waals surface area contributed by atoms with Gasteiger partial charge in [-0.3, -0.25) is 4.79 Å². The number of carbonyl (C=O) groups is 1. The zero-order valence-electron chi connectivity index (χ0n) is 19.5. The molecule has 0 aliphatic rings. The predicted molar refractivity (Wildman–Crippen MR) is 131 cm³/mol. The van der Waals surface area contributed by atoms with Gasteiger partial charge in [0.2, 0.25) is 0 Å². The van der Waals surface area contributed by atoms with Gasteiger partial charge >= 0.3 is 0 Å². The van der Waals surface area contributed by atoms with E-state index in [1.165, 1.54) is 0 Å². The lowest BCUT2D eigenvalue weighted by atomic mass is 9.83. The first-order chi connectivity index (χ1) is 14.9. The summed E-state index contributed by atoms with van der Waals surface area (Å²) in [7, 11) is 1.85. The van der Waals surface area contributed by atoms with E-state index >= 15 is 0 Å². The third-order valence-corrected chi connectivity index (χ3v) is 5.13. The van der Waals surface area contributed by atoms with Crippen molar-refractivity contribution in [2.24, 2.45) is 0 Å². The van der Waals surface area contributed by atoms with Gasteiger partial charge in [0.05, 0.1) is 18.8 Å². The average molecular weight is 422 g/mol. The minimum absolute atomic E-state index is 0.0704. The lowest BCUT2D eigenvalue weighted by Gasteiger charge is -2.26. The van der Waals surface area contributed by atoms with Crippen molar-refractivity contribution in [3.8, 4) is 11.5 Å². The summed E-state index contributed by atoms with van der Waals surface area (Å²) < 4.78 is 12.2. The minimum atomic E-state index is -0.290. The van der Waals surface area contributed by atoms with Crippen LogP contribution in [0.3, 0.4) is 0 Å². The second kappa shape index (κ2) is 11.4. The summed E-state index contributed by atoms with van der Waals surface area (Å²) in [4.78, 5) is 12.8. The highest BCUT2D eigenvalue weighted by molar-refractivity contribution is 6.07. The van der Waals surface area contributed by atoms with E-state index in [-0.39, 0.29) is 11.2 Å². The molecule has 4 nitrogen and oxygen atoms in total. The van der Waals surface area contributed by atoms with Crippen LogP contribution >= 0.6 is 0 Å². The Bertz CT molecular complexity index is 911. The summed E-state index contributed by atoms with van der Waals surface area (Å²) in [5.41, 5.74) is 3.11. The molecule has 2 rings (SSSR count). The number of hydrogen-bond acceptors (Lipinski definition) is 4. The Morgan fingerprint density at radius 1 is 1.03 bits per heavy atom. The standard InChI is InChI=1S/C27H35NO3/c1-7-18-30-25-17-15-23(27(4,5)9-3)26(31-19-8-2)22(25)14-16-24(29)20-10-12-21(28-6)13-11-20/h9-17,28H,3,7-8,18-19H2,1-2,4-6H3/b16-14+. The topological polar surface area (TPSA) is 47.6 Å². The molecule has 4 heteroatoms. The van der Waals surface area contributed by atoms with Crippen LogP contribution in [0.5, 0.6) is 11.5 Å². The molecule has 0 bridgehead atoms. The normalized spacial score (nSPS) is 11.4. The molecule has 0 unspecified atom stereocenters. The quantitative estimate of drug-likeness (QED) is 0.236. The Morgan fingerprint density at radius 2 is 1.68 bits per heavy atom. The second-order valence-electron chi connectivity index (χ2n) is 8.00. The lowest BCUT2D eigenvalue weighted by molar-refractivity contribution is 0.104. The lowest BCUT2D eigenvalue weighted by Crippen LogP contribution is -2.16. The van der Waals surface area contributed by atoms with Crippen molar-refractivity contribution in [1.29, 1.82) is 0 Å². The van der Waals surface area contributed by atoms with Crippen LogP contribution in [-0.2, 0) is 5.41 Å². The number of anilines is 1. The summed E-state index contributed by atoms with van der Waals surface area (Å²) in [5.74, 6) is 1.39. The third-order valence-electron chi connectivity index (χ3n) is 5.13. The summed E-state index contributed by atoms with van der Waals surface area (Å²) >= 11 is 0. The molecule has 0 spiro atoms. The monoisotopic (exact) mass is 421 g/mol. The van der Waals surface area contributed by atoms with Crippen molar-refractivity contribution in [1.82, 2.24) is 0 Å². The first kappa shape index (κ1) is 24.3. The van der Waals surface area contributed by atoms with E-state index in [0.29, 0.717) is 24.5 Å². The molecule has 0 heterocycles. The Hall–Kier alpha value is -3.01. The van der Waals surface area contributed by atoms with E-state index in [9.17, 15) is 4.79 Å². The predicted octanol–water partition coefficient (Wildman–Crippen LogP) is 6.67. The fraction of sp³-hybridized carbons (Fsp3) is 0.370. The molecule has 2 aromatic rings. The molecule has 0 amide bonds. The molecule has 31 heavy (non-hydrogen) atoms. The van der Waals surface area contributed by atoms with E-state index in [1.54, 1.807) is 6.08 Å². The van der Waals surface area contributed by atoms with Gasteiger partial charge in [0, 0.05) is 29.3 Å². The van der Waals surface area contributed by atoms with Crippen LogP contribution in [0.25, 0.3) is 6.08 Å². The Morgan fingerprint density at radius 3 is 2.26 bits per heavy atom. The average Bonchev–Trinajstić information content (AvgIpc) is 2.79. The number of carbonyl (C=O) groups excluding carboxylic acids is 1. The number of benzene rings is 2. The van der Waals surface area contributed by atoms with Crippen molar-refractivity contribution in [3.05, 3.63) is 71.8 Å². The number of ketones is 1. The number of hydrogen-bond donors (Lipinski definition) is 1. The molecule has 0 aliphatic carbocycles. The van der Waals surface area contributed by atoms with Crippen molar-refractivity contribution >= 4 is 17.5 Å². The SMILES string of the molecule is C=CC(C)(C)c1ccc(OCCC)c(/C=C/C(=O)c2ccc(NC)cc2)c1OCCC. The smallest absolute Gasteiger partial charge is 0.185 e. The van der Waals surface area contributed by atoms with E-state index in [0.717, 1.165) is 35.4 Å². The minimum Gasteiger partial charge on any atom is -0.493 e. The van der Waals surface area contributed by atoms with Crippen LogP contribution in [0.4, 0.5) is 5.69 Å². The molecule has 2 aromatic carbocycles. The maximum Gasteiger partial charge on any atom is 0.185 e. The zero-order chi connectivity index (χ0) is 22.9. The summed E-state index contributed by atoms with van der Waals surface area (Å²) in [6.07, 6.45) is 7.09. The van der Waals surface area contributed by atoms with Crippen LogP contribution < -0.4 is 14.8 Å². The van der Waals surface area contributed by atoms with Gasteiger partial charge in [0.1, 0.15) is 11.5 Å². The van der Waals surface area contributed by atoms with Gasteiger partial charge in [-0.25, -0.2) is 0 Å². The van der Waals surface area contributed by atoms with E-state index in [4.69, 9.17) is 9.47 Å². The molecule has 1 N–H and O–H groups in total. The van der Waals surface area contributed by atoms with E-state index < -0.39 is 0 Å². The van der Waals surface area contributed by atoms with Crippen molar-refractivity contribution in [2.45, 2.75) is 46.0 Å². The maximum atomic E-state index is 12.8. The molecule has 0 atom stereocenters. The second-order valence-corrected chi connectivity index (χ2v) is 8.00. The largest absolute Gasteiger partial charge is 0.493 e. The molecule has 0 saturated heterocycles. The number of nitrogens with one attached hydrogen (secondary N) is 1. The first-order valence-electron chi connectivity index (χ1n) is 10.9. The van der Waals surface area contributed by atoms with Crippen LogP contribution in [0.1, 0.15) is 62.0 Å². The number of allylic oxidation sites excluding steroid dienone is 2. The highest BCUT2D eigenvalue weighted by atomic mass is 16.5. The van der Waals surface area contributed by atoms with Gasteiger partial charge in [0.15, 0.2) is 5.78 Å². The molecule has 0 radical (unpaired) electrons. The number of rotatable bonds is 12. The zero-order valence-corrected chi connectivity index (χ0v) is 19.5. The highest BCUT2D eigenvalue weighted by Crippen LogP contribution is 2.40. The van der Waals surface area contributed by atoms with Crippen molar-refractivity contribution in [3.63, 3.8) is 0 Å². The van der Waals surface area contributed by atoms with Gasteiger partial charge < -0.3 is 14.8 Å². The molecular weight excluding hydrogens is 386 g/mol. The van der Waals surface area contributed by atoms with Gasteiger partial charge in [-0.2, -0.15) is 0 Å².